The first-order valence-corrected chi connectivity index (χ1v) is 12.3. The van der Waals surface area contributed by atoms with E-state index in [9.17, 15) is 9.59 Å². The second kappa shape index (κ2) is 8.74. The number of carbonyl (C=O) groups excluding carboxylic acids is 2. The molecule has 174 valence electrons. The highest BCUT2D eigenvalue weighted by Gasteiger charge is 2.33. The smallest absolute Gasteiger partial charge is 0.274 e. The summed E-state index contributed by atoms with van der Waals surface area (Å²) in [5.74, 6) is 1.20. The van der Waals surface area contributed by atoms with Gasteiger partial charge in [0.15, 0.2) is 5.69 Å². The second-order valence-electron chi connectivity index (χ2n) is 9.09. The van der Waals surface area contributed by atoms with Crippen molar-refractivity contribution in [3.05, 3.63) is 50.6 Å². The van der Waals surface area contributed by atoms with Crippen LogP contribution in [0.25, 0.3) is 0 Å². The normalized spacial score (nSPS) is 15.5. The van der Waals surface area contributed by atoms with Crippen LogP contribution in [0.15, 0.2) is 15.4 Å². The van der Waals surface area contributed by atoms with E-state index in [1.165, 1.54) is 24.2 Å². The molecule has 0 radical (unpaired) electrons. The van der Waals surface area contributed by atoms with Gasteiger partial charge in [-0.05, 0) is 32.6 Å². The number of aryl methyl sites for hydroxylation is 2. The maximum atomic E-state index is 13.4. The number of fused-ring (bicyclic) bond motifs is 1. The van der Waals surface area contributed by atoms with Crippen molar-refractivity contribution in [2.24, 2.45) is 5.92 Å². The van der Waals surface area contributed by atoms with Gasteiger partial charge in [-0.1, -0.05) is 5.16 Å². The van der Waals surface area contributed by atoms with Crippen LogP contribution in [-0.2, 0) is 37.3 Å². The van der Waals surface area contributed by atoms with E-state index in [0.29, 0.717) is 43.4 Å². The predicted octanol–water partition coefficient (Wildman–Crippen LogP) is 2.75. The Kier molecular flexibility index (Phi) is 5.77. The van der Waals surface area contributed by atoms with Gasteiger partial charge in [-0.3, -0.25) is 14.3 Å². The summed E-state index contributed by atoms with van der Waals surface area (Å²) in [6, 6.07) is 0. The van der Waals surface area contributed by atoms with Gasteiger partial charge < -0.3 is 14.3 Å². The summed E-state index contributed by atoms with van der Waals surface area (Å²) in [6.07, 6.45) is 3.37. The molecule has 0 atom stereocenters. The Bertz CT molecular complexity index is 1160. The molecule has 0 spiro atoms. The van der Waals surface area contributed by atoms with Crippen molar-refractivity contribution in [2.45, 2.75) is 59.2 Å². The first kappa shape index (κ1) is 21.8. The lowest BCUT2D eigenvalue weighted by molar-refractivity contribution is -0.131. The average molecular weight is 469 g/mol. The Balaban J connectivity index is 1.39. The fraction of sp³-hybridized carbons (Fsp3) is 0.522. The molecule has 10 heteroatoms. The minimum atomic E-state index is -0.131. The van der Waals surface area contributed by atoms with E-state index in [0.717, 1.165) is 34.8 Å². The number of rotatable bonds is 7. The lowest BCUT2D eigenvalue weighted by Gasteiger charge is -2.28. The minimum absolute atomic E-state index is 0.0132. The van der Waals surface area contributed by atoms with Crippen LogP contribution in [0.2, 0.25) is 0 Å². The molecular weight excluding hydrogens is 440 g/mol. The summed E-state index contributed by atoms with van der Waals surface area (Å²) < 4.78 is 7.24. The molecule has 2 amide bonds. The highest BCUT2D eigenvalue weighted by molar-refractivity contribution is 7.07. The third kappa shape index (κ3) is 4.44. The van der Waals surface area contributed by atoms with Gasteiger partial charge in [-0.2, -0.15) is 5.10 Å². The summed E-state index contributed by atoms with van der Waals surface area (Å²) in [5, 5.41) is 10.7. The standard InChI is InChI=1S/C23H28N6O3S/c1-14-18(15(2)32-26-14)8-21(30)28-7-6-20-19(11-28)22(25-29(20)9-16-4-5-16)23(31)27(3)10-17-12-33-13-24-17/h12-13,16H,4-11H2,1-3H3. The van der Waals surface area contributed by atoms with Crippen molar-refractivity contribution >= 4 is 23.2 Å². The molecular formula is C23H28N6O3S. The second-order valence-corrected chi connectivity index (χ2v) is 9.80. The van der Waals surface area contributed by atoms with Crippen molar-refractivity contribution in [2.75, 3.05) is 13.6 Å². The van der Waals surface area contributed by atoms with Gasteiger partial charge in [0.05, 0.1) is 29.9 Å². The molecule has 0 N–H and O–H groups in total. The number of carbonyl (C=O) groups is 2. The molecule has 9 nitrogen and oxygen atoms in total. The molecule has 1 aliphatic heterocycles. The monoisotopic (exact) mass is 468 g/mol. The topological polar surface area (TPSA) is 97.4 Å². The zero-order chi connectivity index (χ0) is 23.1. The third-order valence-electron chi connectivity index (χ3n) is 6.56. The lowest BCUT2D eigenvalue weighted by atomic mass is 10.0. The van der Waals surface area contributed by atoms with Gasteiger partial charge >= 0.3 is 0 Å². The summed E-state index contributed by atoms with van der Waals surface area (Å²) in [5.41, 5.74) is 6.64. The number of hydrogen-bond donors (Lipinski definition) is 0. The van der Waals surface area contributed by atoms with Crippen molar-refractivity contribution in [1.82, 2.24) is 29.7 Å². The van der Waals surface area contributed by atoms with Crippen LogP contribution in [0.4, 0.5) is 0 Å². The van der Waals surface area contributed by atoms with Gasteiger partial charge in [0, 0.05) is 55.3 Å². The van der Waals surface area contributed by atoms with Crippen LogP contribution in [0.3, 0.4) is 0 Å². The highest BCUT2D eigenvalue weighted by Crippen LogP contribution is 2.33. The lowest BCUT2D eigenvalue weighted by Crippen LogP contribution is -2.38. The van der Waals surface area contributed by atoms with Gasteiger partial charge in [0.25, 0.3) is 5.91 Å². The van der Waals surface area contributed by atoms with E-state index in [2.05, 4.69) is 10.1 Å². The van der Waals surface area contributed by atoms with Crippen LogP contribution in [0.5, 0.6) is 0 Å². The van der Waals surface area contributed by atoms with Crippen LogP contribution < -0.4 is 0 Å². The van der Waals surface area contributed by atoms with E-state index in [4.69, 9.17) is 9.62 Å². The first-order valence-electron chi connectivity index (χ1n) is 11.3. The number of aromatic nitrogens is 4. The summed E-state index contributed by atoms with van der Waals surface area (Å²) >= 11 is 1.51. The molecule has 1 fully saturated rings. The van der Waals surface area contributed by atoms with Crippen LogP contribution in [0.1, 0.15) is 57.3 Å². The number of hydrogen-bond acceptors (Lipinski definition) is 7. The van der Waals surface area contributed by atoms with E-state index < -0.39 is 0 Å². The average Bonchev–Trinajstić information content (AvgIpc) is 3.19. The summed E-state index contributed by atoms with van der Waals surface area (Å²) in [7, 11) is 1.77. The number of amides is 2. The number of thiazole rings is 1. The summed E-state index contributed by atoms with van der Waals surface area (Å²) in [6.45, 7) is 5.97. The fourth-order valence-electron chi connectivity index (χ4n) is 4.40. The molecule has 0 aromatic carbocycles. The van der Waals surface area contributed by atoms with Crippen molar-refractivity contribution in [3.63, 3.8) is 0 Å². The molecule has 1 saturated carbocycles. The molecule has 3 aromatic heterocycles. The Morgan fingerprint density at radius 3 is 2.79 bits per heavy atom. The Labute approximate surface area is 196 Å². The van der Waals surface area contributed by atoms with Crippen LogP contribution in [0, 0.1) is 19.8 Å². The molecule has 2 aliphatic rings. The van der Waals surface area contributed by atoms with Gasteiger partial charge in [0.2, 0.25) is 5.91 Å². The SMILES string of the molecule is Cc1noc(C)c1CC(=O)N1CCc2c(c(C(=O)N(C)Cc3cscn3)nn2CC2CC2)C1. The van der Waals surface area contributed by atoms with E-state index >= 15 is 0 Å². The van der Waals surface area contributed by atoms with E-state index in [1.54, 1.807) is 17.5 Å². The van der Waals surface area contributed by atoms with E-state index in [-0.39, 0.29) is 18.2 Å². The Morgan fingerprint density at radius 2 is 2.12 bits per heavy atom. The molecule has 0 saturated heterocycles. The van der Waals surface area contributed by atoms with E-state index in [1.807, 2.05) is 28.8 Å². The molecule has 5 rings (SSSR count). The van der Waals surface area contributed by atoms with Crippen molar-refractivity contribution in [1.29, 1.82) is 0 Å². The summed E-state index contributed by atoms with van der Waals surface area (Å²) in [4.78, 5) is 34.3. The van der Waals surface area contributed by atoms with Crippen molar-refractivity contribution in [3.8, 4) is 0 Å². The number of nitrogens with zero attached hydrogens (tertiary/aromatic N) is 6. The molecule has 0 unspecified atom stereocenters. The fourth-order valence-corrected chi connectivity index (χ4v) is 4.95. The van der Waals surface area contributed by atoms with Gasteiger partial charge in [0.1, 0.15) is 5.76 Å². The zero-order valence-electron chi connectivity index (χ0n) is 19.2. The largest absolute Gasteiger partial charge is 0.361 e. The molecule has 4 heterocycles. The van der Waals surface area contributed by atoms with Crippen molar-refractivity contribution < 1.29 is 14.1 Å². The maximum absolute atomic E-state index is 13.4. The zero-order valence-corrected chi connectivity index (χ0v) is 20.0. The quantitative estimate of drug-likeness (QED) is 0.529. The highest BCUT2D eigenvalue weighted by atomic mass is 32.1. The first-order chi connectivity index (χ1) is 15.9. The third-order valence-corrected chi connectivity index (χ3v) is 7.19. The van der Waals surface area contributed by atoms with Gasteiger partial charge in [-0.15, -0.1) is 11.3 Å². The van der Waals surface area contributed by atoms with Crippen LogP contribution in [-0.4, -0.2) is 55.1 Å². The Hall–Kier alpha value is -3.01. The Morgan fingerprint density at radius 1 is 1.30 bits per heavy atom. The van der Waals surface area contributed by atoms with Crippen LogP contribution >= 0.6 is 11.3 Å². The predicted molar refractivity (Wildman–Crippen MR) is 122 cm³/mol. The van der Waals surface area contributed by atoms with Gasteiger partial charge in [-0.25, -0.2) is 4.98 Å². The minimum Gasteiger partial charge on any atom is -0.361 e. The maximum Gasteiger partial charge on any atom is 0.274 e. The molecule has 1 aliphatic carbocycles. The molecule has 3 aromatic rings. The molecule has 33 heavy (non-hydrogen) atoms. The molecule has 0 bridgehead atoms.